The molecule has 0 saturated carbocycles. The summed E-state index contributed by atoms with van der Waals surface area (Å²) in [5.41, 5.74) is 2.61. The molecule has 26 heavy (non-hydrogen) atoms. The van der Waals surface area contributed by atoms with Crippen LogP contribution in [-0.4, -0.2) is 21.5 Å². The lowest BCUT2D eigenvalue weighted by atomic mass is 10.1. The standard InChI is InChI=1S/C22H16N2O2/c25-21(19-5-1-3-15-23-19)13-11-17-7-9-18(10-8-17)12-14-22(26)20-6-2-4-16-24-20/h1-16H. The van der Waals surface area contributed by atoms with Crippen LogP contribution in [-0.2, 0) is 0 Å². The van der Waals surface area contributed by atoms with Gasteiger partial charge in [-0.3, -0.25) is 19.6 Å². The van der Waals surface area contributed by atoms with E-state index in [1.54, 1.807) is 60.9 Å². The van der Waals surface area contributed by atoms with Crippen LogP contribution in [0, 0.1) is 0 Å². The van der Waals surface area contributed by atoms with Gasteiger partial charge in [0.1, 0.15) is 11.4 Å². The predicted molar refractivity (Wildman–Crippen MR) is 102 cm³/mol. The number of allylic oxidation sites excluding steroid dienone is 2. The van der Waals surface area contributed by atoms with Gasteiger partial charge >= 0.3 is 0 Å². The van der Waals surface area contributed by atoms with Crippen LogP contribution in [0.15, 0.2) is 85.2 Å². The molecule has 0 N–H and O–H groups in total. The number of pyridine rings is 2. The van der Waals surface area contributed by atoms with Gasteiger partial charge in [-0.25, -0.2) is 0 Å². The average molecular weight is 340 g/mol. The molecule has 3 rings (SSSR count). The van der Waals surface area contributed by atoms with Gasteiger partial charge in [0.15, 0.2) is 0 Å². The summed E-state index contributed by atoms with van der Waals surface area (Å²) in [6.45, 7) is 0. The molecular formula is C22H16N2O2. The highest BCUT2D eigenvalue weighted by Crippen LogP contribution is 2.09. The van der Waals surface area contributed by atoms with Gasteiger partial charge in [0.25, 0.3) is 0 Å². The molecule has 0 spiro atoms. The van der Waals surface area contributed by atoms with Gasteiger partial charge < -0.3 is 0 Å². The van der Waals surface area contributed by atoms with Crippen molar-refractivity contribution in [3.63, 3.8) is 0 Å². The maximum Gasteiger partial charge on any atom is 0.204 e. The van der Waals surface area contributed by atoms with Crippen molar-refractivity contribution >= 4 is 23.7 Å². The maximum absolute atomic E-state index is 12.0. The Bertz CT molecular complexity index is 864. The first-order valence-electron chi connectivity index (χ1n) is 8.09. The van der Waals surface area contributed by atoms with Crippen LogP contribution in [0.5, 0.6) is 0 Å². The average Bonchev–Trinajstić information content (AvgIpc) is 2.72. The second kappa shape index (κ2) is 8.44. The quantitative estimate of drug-likeness (QED) is 0.497. The molecule has 0 radical (unpaired) electrons. The van der Waals surface area contributed by atoms with Crippen molar-refractivity contribution in [2.45, 2.75) is 0 Å². The minimum atomic E-state index is -0.143. The van der Waals surface area contributed by atoms with E-state index in [4.69, 9.17) is 0 Å². The highest BCUT2D eigenvalue weighted by molar-refractivity contribution is 6.06. The highest BCUT2D eigenvalue weighted by Gasteiger charge is 2.02. The van der Waals surface area contributed by atoms with E-state index < -0.39 is 0 Å². The Balaban J connectivity index is 1.63. The Labute approximate surface area is 151 Å². The molecule has 0 saturated heterocycles. The van der Waals surface area contributed by atoms with Crippen molar-refractivity contribution in [1.29, 1.82) is 0 Å². The van der Waals surface area contributed by atoms with Gasteiger partial charge in [0, 0.05) is 12.4 Å². The molecule has 0 atom stereocenters. The molecule has 126 valence electrons. The summed E-state index contributed by atoms with van der Waals surface area (Å²) < 4.78 is 0. The molecule has 0 aliphatic heterocycles. The Morgan fingerprint density at radius 3 is 1.38 bits per heavy atom. The van der Waals surface area contributed by atoms with Crippen molar-refractivity contribution < 1.29 is 9.59 Å². The fraction of sp³-hybridized carbons (Fsp3) is 0. The third kappa shape index (κ3) is 4.68. The molecule has 4 heteroatoms. The summed E-state index contributed by atoms with van der Waals surface area (Å²) in [7, 11) is 0. The van der Waals surface area contributed by atoms with Crippen LogP contribution in [0.2, 0.25) is 0 Å². The number of benzene rings is 1. The first-order valence-corrected chi connectivity index (χ1v) is 8.09. The minimum absolute atomic E-state index is 0.143. The normalized spacial score (nSPS) is 11.1. The Morgan fingerprint density at radius 1 is 0.615 bits per heavy atom. The largest absolute Gasteiger partial charge is 0.288 e. The first kappa shape index (κ1) is 17.2. The lowest BCUT2D eigenvalue weighted by Gasteiger charge is -1.97. The number of aromatic nitrogens is 2. The zero-order chi connectivity index (χ0) is 18.2. The van der Waals surface area contributed by atoms with Crippen LogP contribution in [0.25, 0.3) is 12.2 Å². The SMILES string of the molecule is O=C(C=Cc1ccc(C=CC(=O)c2ccccn2)cc1)c1ccccn1. The van der Waals surface area contributed by atoms with Crippen LogP contribution >= 0.6 is 0 Å². The maximum atomic E-state index is 12.0. The van der Waals surface area contributed by atoms with Crippen molar-refractivity contribution in [2.75, 3.05) is 0 Å². The van der Waals surface area contributed by atoms with Gasteiger partial charge in [0.05, 0.1) is 0 Å². The zero-order valence-electron chi connectivity index (χ0n) is 13.9. The number of nitrogens with zero attached hydrogens (tertiary/aromatic N) is 2. The molecule has 0 unspecified atom stereocenters. The molecule has 0 amide bonds. The van der Waals surface area contributed by atoms with Crippen LogP contribution in [0.4, 0.5) is 0 Å². The number of carbonyl (C=O) groups excluding carboxylic acids is 2. The lowest BCUT2D eigenvalue weighted by Crippen LogP contribution is -1.96. The number of carbonyl (C=O) groups is 2. The zero-order valence-corrected chi connectivity index (χ0v) is 13.9. The fourth-order valence-corrected chi connectivity index (χ4v) is 2.25. The van der Waals surface area contributed by atoms with E-state index in [-0.39, 0.29) is 11.6 Å². The number of rotatable bonds is 6. The third-order valence-electron chi connectivity index (χ3n) is 3.63. The smallest absolute Gasteiger partial charge is 0.204 e. The van der Waals surface area contributed by atoms with Crippen molar-refractivity contribution in [2.24, 2.45) is 0 Å². The second-order valence-corrected chi connectivity index (χ2v) is 5.49. The highest BCUT2D eigenvalue weighted by atomic mass is 16.1. The molecule has 4 nitrogen and oxygen atoms in total. The van der Waals surface area contributed by atoms with Gasteiger partial charge in [-0.05, 0) is 47.5 Å². The van der Waals surface area contributed by atoms with E-state index in [1.165, 1.54) is 12.2 Å². The fourth-order valence-electron chi connectivity index (χ4n) is 2.25. The first-order chi connectivity index (χ1) is 12.7. The van der Waals surface area contributed by atoms with E-state index in [9.17, 15) is 9.59 Å². The van der Waals surface area contributed by atoms with Gasteiger partial charge in [0.2, 0.25) is 11.6 Å². The molecule has 0 fully saturated rings. The third-order valence-corrected chi connectivity index (χ3v) is 3.63. The Hall–Kier alpha value is -3.66. The van der Waals surface area contributed by atoms with Crippen LogP contribution in [0.1, 0.15) is 32.1 Å². The van der Waals surface area contributed by atoms with E-state index >= 15 is 0 Å². The summed E-state index contributed by atoms with van der Waals surface area (Å²) in [6.07, 6.45) is 9.66. The van der Waals surface area contributed by atoms with E-state index in [1.807, 2.05) is 24.3 Å². The molecule has 0 aliphatic rings. The molecule has 2 aromatic heterocycles. The lowest BCUT2D eigenvalue weighted by molar-refractivity contribution is 0.103. The van der Waals surface area contributed by atoms with Crippen LogP contribution in [0.3, 0.4) is 0 Å². The molecule has 2 heterocycles. The van der Waals surface area contributed by atoms with Crippen LogP contribution < -0.4 is 0 Å². The van der Waals surface area contributed by atoms with Crippen molar-refractivity contribution in [3.05, 3.63) is 108 Å². The summed E-state index contributed by atoms with van der Waals surface area (Å²) in [4.78, 5) is 32.0. The number of hydrogen-bond acceptors (Lipinski definition) is 4. The van der Waals surface area contributed by atoms with Gasteiger partial charge in [-0.1, -0.05) is 48.6 Å². The number of hydrogen-bond donors (Lipinski definition) is 0. The van der Waals surface area contributed by atoms with E-state index in [0.717, 1.165) is 11.1 Å². The summed E-state index contributed by atoms with van der Waals surface area (Å²) >= 11 is 0. The second-order valence-electron chi connectivity index (χ2n) is 5.49. The van der Waals surface area contributed by atoms with Crippen molar-refractivity contribution in [1.82, 2.24) is 9.97 Å². The topological polar surface area (TPSA) is 59.9 Å². The monoisotopic (exact) mass is 340 g/mol. The summed E-state index contributed by atoms with van der Waals surface area (Å²) in [5.74, 6) is -0.286. The van der Waals surface area contributed by atoms with Gasteiger partial charge in [-0.2, -0.15) is 0 Å². The Kier molecular flexibility index (Phi) is 5.58. The molecular weight excluding hydrogens is 324 g/mol. The summed E-state index contributed by atoms with van der Waals surface area (Å²) in [5, 5.41) is 0. The molecule has 0 aliphatic carbocycles. The minimum Gasteiger partial charge on any atom is -0.288 e. The Morgan fingerprint density at radius 2 is 1.04 bits per heavy atom. The van der Waals surface area contributed by atoms with E-state index in [2.05, 4.69) is 9.97 Å². The summed E-state index contributed by atoms with van der Waals surface area (Å²) in [6, 6.07) is 18.0. The van der Waals surface area contributed by atoms with Gasteiger partial charge in [-0.15, -0.1) is 0 Å². The molecule has 3 aromatic rings. The number of ketones is 2. The molecule has 1 aromatic carbocycles. The van der Waals surface area contributed by atoms with Crippen molar-refractivity contribution in [3.8, 4) is 0 Å². The van der Waals surface area contributed by atoms with E-state index in [0.29, 0.717) is 11.4 Å². The predicted octanol–water partition coefficient (Wildman–Crippen LogP) is 4.27. The molecule has 0 bridgehead atoms.